The highest BCUT2D eigenvalue weighted by Crippen LogP contribution is 2.19. The van der Waals surface area contributed by atoms with Crippen LogP contribution < -0.4 is 16.4 Å². The molecule has 0 aliphatic carbocycles. The summed E-state index contributed by atoms with van der Waals surface area (Å²) in [5.41, 5.74) is 5.59. The fraction of sp³-hybridized carbons (Fsp3) is 0.600. The van der Waals surface area contributed by atoms with Gasteiger partial charge in [0.15, 0.2) is 5.13 Å². The Bertz CT molecular complexity index is 399. The van der Waals surface area contributed by atoms with Crippen LogP contribution in [0.1, 0.15) is 11.3 Å². The average molecular weight is 292 g/mol. The quantitative estimate of drug-likeness (QED) is 0.764. The minimum Gasteiger partial charge on any atom is -0.375 e. The standard InChI is InChI=1S/C10H17N5OS.ClH/c1-12-10(16)14-7-2-3-15(5-7)6-8-4-13-9(11)17-8;/h4,7H,2-3,5-6H2,1H3,(H2,11,13)(H2,12,14,16);1H. The summed E-state index contributed by atoms with van der Waals surface area (Å²) in [5, 5.41) is 6.10. The molecule has 1 atom stereocenters. The highest BCUT2D eigenvalue weighted by Gasteiger charge is 2.23. The maximum absolute atomic E-state index is 11.2. The zero-order valence-corrected chi connectivity index (χ0v) is 11.8. The molecule has 2 heterocycles. The van der Waals surface area contributed by atoms with Crippen molar-refractivity contribution in [1.82, 2.24) is 20.5 Å². The SMILES string of the molecule is CNC(=O)NC1CCN(Cc2cnc(N)s2)C1.Cl. The van der Waals surface area contributed by atoms with Crippen molar-refractivity contribution < 1.29 is 4.79 Å². The Labute approximate surface area is 116 Å². The van der Waals surface area contributed by atoms with E-state index >= 15 is 0 Å². The number of hydrogen-bond donors (Lipinski definition) is 3. The van der Waals surface area contributed by atoms with Crippen molar-refractivity contribution in [3.8, 4) is 0 Å². The average Bonchev–Trinajstić information content (AvgIpc) is 2.89. The summed E-state index contributed by atoms with van der Waals surface area (Å²) in [7, 11) is 1.63. The van der Waals surface area contributed by atoms with Crippen molar-refractivity contribution in [2.45, 2.75) is 19.0 Å². The summed E-state index contributed by atoms with van der Waals surface area (Å²) in [5.74, 6) is 0. The Morgan fingerprint density at radius 1 is 1.72 bits per heavy atom. The lowest BCUT2D eigenvalue weighted by Gasteiger charge is -2.15. The van der Waals surface area contributed by atoms with E-state index in [1.165, 1.54) is 16.2 Å². The van der Waals surface area contributed by atoms with Crippen LogP contribution in [-0.2, 0) is 6.54 Å². The van der Waals surface area contributed by atoms with Gasteiger partial charge < -0.3 is 16.4 Å². The first kappa shape index (κ1) is 15.0. The molecule has 18 heavy (non-hydrogen) atoms. The first-order chi connectivity index (χ1) is 8.17. The number of carbonyl (C=O) groups excluding carboxylic acids is 1. The van der Waals surface area contributed by atoms with Crippen molar-refractivity contribution in [1.29, 1.82) is 0 Å². The van der Waals surface area contributed by atoms with Gasteiger partial charge in [0.25, 0.3) is 0 Å². The summed E-state index contributed by atoms with van der Waals surface area (Å²) >= 11 is 1.52. The number of halogens is 1. The molecule has 0 bridgehead atoms. The first-order valence-electron chi connectivity index (χ1n) is 5.58. The van der Waals surface area contributed by atoms with Crippen molar-refractivity contribution in [2.24, 2.45) is 0 Å². The number of urea groups is 1. The van der Waals surface area contributed by atoms with Gasteiger partial charge in [-0.15, -0.1) is 23.7 Å². The number of likely N-dealkylation sites (tertiary alicyclic amines) is 1. The van der Waals surface area contributed by atoms with E-state index < -0.39 is 0 Å². The van der Waals surface area contributed by atoms with Gasteiger partial charge in [-0.2, -0.15) is 0 Å². The number of rotatable bonds is 3. The van der Waals surface area contributed by atoms with E-state index in [0.29, 0.717) is 5.13 Å². The van der Waals surface area contributed by atoms with Crippen LogP contribution >= 0.6 is 23.7 Å². The van der Waals surface area contributed by atoms with Gasteiger partial charge in [0.1, 0.15) is 0 Å². The second-order valence-electron chi connectivity index (χ2n) is 4.11. The van der Waals surface area contributed by atoms with Gasteiger partial charge in [0.2, 0.25) is 0 Å². The van der Waals surface area contributed by atoms with Gasteiger partial charge in [-0.25, -0.2) is 9.78 Å². The third-order valence-electron chi connectivity index (χ3n) is 2.79. The van der Waals surface area contributed by atoms with E-state index in [1.54, 1.807) is 7.05 Å². The van der Waals surface area contributed by atoms with E-state index in [4.69, 9.17) is 5.73 Å². The number of nitrogens with one attached hydrogen (secondary N) is 2. The minimum absolute atomic E-state index is 0. The topological polar surface area (TPSA) is 83.3 Å². The molecule has 1 saturated heterocycles. The van der Waals surface area contributed by atoms with Crippen molar-refractivity contribution in [3.63, 3.8) is 0 Å². The lowest BCUT2D eigenvalue weighted by Crippen LogP contribution is -2.41. The number of aromatic nitrogens is 1. The second kappa shape index (κ2) is 6.77. The summed E-state index contributed by atoms with van der Waals surface area (Å²) < 4.78 is 0. The van der Waals surface area contributed by atoms with Gasteiger partial charge in [0, 0.05) is 43.8 Å². The number of nitrogen functional groups attached to an aromatic ring is 1. The Hall–Kier alpha value is -1.05. The molecule has 1 fully saturated rings. The summed E-state index contributed by atoms with van der Waals surface area (Å²) in [6.45, 7) is 2.73. The molecule has 6 nitrogen and oxygen atoms in total. The molecule has 102 valence electrons. The molecule has 0 spiro atoms. The maximum atomic E-state index is 11.2. The fourth-order valence-corrected chi connectivity index (χ4v) is 2.69. The Balaban J connectivity index is 0.00000162. The highest BCUT2D eigenvalue weighted by molar-refractivity contribution is 7.15. The van der Waals surface area contributed by atoms with Crippen LogP contribution in [0.25, 0.3) is 0 Å². The summed E-state index contributed by atoms with van der Waals surface area (Å²) in [6.07, 6.45) is 2.81. The molecule has 2 amide bonds. The third kappa shape index (κ3) is 4.01. The molecule has 0 saturated carbocycles. The smallest absolute Gasteiger partial charge is 0.314 e. The molecule has 0 aromatic carbocycles. The largest absolute Gasteiger partial charge is 0.375 e. The minimum atomic E-state index is -0.112. The van der Waals surface area contributed by atoms with Crippen LogP contribution in [0.15, 0.2) is 6.20 Å². The molecule has 2 rings (SSSR count). The fourth-order valence-electron chi connectivity index (χ4n) is 1.97. The van der Waals surface area contributed by atoms with E-state index in [1.807, 2.05) is 6.20 Å². The molecular weight excluding hydrogens is 274 g/mol. The molecule has 1 aliphatic heterocycles. The van der Waals surface area contributed by atoms with Gasteiger partial charge in [-0.3, -0.25) is 4.90 Å². The van der Waals surface area contributed by atoms with Crippen LogP contribution in [-0.4, -0.2) is 42.1 Å². The number of nitrogens with two attached hydrogens (primary N) is 1. The van der Waals surface area contributed by atoms with E-state index in [-0.39, 0.29) is 24.5 Å². The predicted molar refractivity (Wildman–Crippen MR) is 75.0 cm³/mol. The van der Waals surface area contributed by atoms with E-state index in [2.05, 4.69) is 20.5 Å². The molecule has 8 heteroatoms. The highest BCUT2D eigenvalue weighted by atomic mass is 35.5. The third-order valence-corrected chi connectivity index (χ3v) is 3.60. The lowest BCUT2D eigenvalue weighted by atomic mass is 10.3. The number of nitrogens with zero attached hydrogens (tertiary/aromatic N) is 2. The van der Waals surface area contributed by atoms with Crippen molar-refractivity contribution >= 4 is 34.9 Å². The molecule has 0 radical (unpaired) electrons. The second-order valence-corrected chi connectivity index (χ2v) is 5.26. The molecular formula is C10H18ClN5OS. The van der Waals surface area contributed by atoms with Crippen LogP contribution in [0.2, 0.25) is 0 Å². The normalized spacial score (nSPS) is 19.3. The number of anilines is 1. The molecule has 1 unspecified atom stereocenters. The van der Waals surface area contributed by atoms with Crippen LogP contribution in [0.4, 0.5) is 9.93 Å². The summed E-state index contributed by atoms with van der Waals surface area (Å²) in [6, 6.07) is 0.124. The molecule has 1 aliphatic rings. The Morgan fingerprint density at radius 3 is 3.11 bits per heavy atom. The number of thiazole rings is 1. The van der Waals surface area contributed by atoms with Crippen molar-refractivity contribution in [3.05, 3.63) is 11.1 Å². The van der Waals surface area contributed by atoms with Crippen molar-refractivity contribution in [2.75, 3.05) is 25.9 Å². The van der Waals surface area contributed by atoms with Gasteiger partial charge in [-0.1, -0.05) is 0 Å². The molecule has 4 N–H and O–H groups in total. The Morgan fingerprint density at radius 2 is 2.50 bits per heavy atom. The maximum Gasteiger partial charge on any atom is 0.314 e. The zero-order chi connectivity index (χ0) is 12.3. The van der Waals surface area contributed by atoms with Gasteiger partial charge >= 0.3 is 6.03 Å². The van der Waals surface area contributed by atoms with Gasteiger partial charge in [-0.05, 0) is 6.42 Å². The van der Waals surface area contributed by atoms with E-state index in [0.717, 1.165) is 26.1 Å². The Kier molecular flexibility index (Phi) is 5.64. The lowest BCUT2D eigenvalue weighted by molar-refractivity contribution is 0.238. The number of amides is 2. The van der Waals surface area contributed by atoms with E-state index in [9.17, 15) is 4.79 Å². The molecule has 1 aromatic heterocycles. The van der Waals surface area contributed by atoms with Crippen LogP contribution in [0, 0.1) is 0 Å². The molecule has 1 aromatic rings. The zero-order valence-electron chi connectivity index (χ0n) is 10.2. The van der Waals surface area contributed by atoms with Crippen LogP contribution in [0.5, 0.6) is 0 Å². The van der Waals surface area contributed by atoms with Crippen LogP contribution in [0.3, 0.4) is 0 Å². The number of hydrogen-bond acceptors (Lipinski definition) is 5. The summed E-state index contributed by atoms with van der Waals surface area (Å²) in [4.78, 5) is 18.7. The van der Waals surface area contributed by atoms with Gasteiger partial charge in [0.05, 0.1) is 0 Å². The monoisotopic (exact) mass is 291 g/mol. The predicted octanol–water partition coefficient (Wildman–Crippen LogP) is 0.650. The first-order valence-corrected chi connectivity index (χ1v) is 6.40. The number of carbonyl (C=O) groups is 1.